The molecule has 2 rings (SSSR count). The van der Waals surface area contributed by atoms with Gasteiger partial charge < -0.3 is 10.2 Å². The third-order valence-corrected chi connectivity index (χ3v) is 4.04. The Labute approximate surface area is 149 Å². The van der Waals surface area contributed by atoms with Crippen LogP contribution in [-0.2, 0) is 6.42 Å². The molecule has 0 atom stereocenters. The van der Waals surface area contributed by atoms with Crippen molar-refractivity contribution in [3.8, 4) is 0 Å². The molecular weight excluding hydrogens is 314 g/mol. The number of carbonyl (C=O) groups excluding carboxylic acids is 2. The summed E-state index contributed by atoms with van der Waals surface area (Å²) >= 11 is 0. The molecule has 132 valence electrons. The molecule has 0 aliphatic carbocycles. The lowest BCUT2D eigenvalue weighted by Gasteiger charge is -2.16. The quantitative estimate of drug-likeness (QED) is 0.835. The summed E-state index contributed by atoms with van der Waals surface area (Å²) in [6.07, 6.45) is 2.78. The van der Waals surface area contributed by atoms with Crippen molar-refractivity contribution < 1.29 is 9.59 Å². The average molecular weight is 339 g/mol. The van der Waals surface area contributed by atoms with E-state index in [1.807, 2.05) is 31.2 Å². The number of benzene rings is 1. The number of anilines is 1. The second kappa shape index (κ2) is 8.97. The van der Waals surface area contributed by atoms with Gasteiger partial charge in [-0.25, -0.2) is 4.98 Å². The highest BCUT2D eigenvalue weighted by Gasteiger charge is 2.16. The second-order valence-corrected chi connectivity index (χ2v) is 5.95. The Morgan fingerprint density at radius 1 is 1.04 bits per heavy atom. The molecule has 2 aromatic rings. The number of para-hydroxylation sites is 1. The lowest BCUT2D eigenvalue weighted by molar-refractivity contribution is 0.0787. The van der Waals surface area contributed by atoms with Crippen molar-refractivity contribution >= 4 is 17.5 Å². The molecule has 0 aliphatic rings. The van der Waals surface area contributed by atoms with Gasteiger partial charge in [-0.15, -0.1) is 0 Å². The van der Waals surface area contributed by atoms with Gasteiger partial charge in [-0.3, -0.25) is 9.59 Å². The number of amides is 2. The maximum atomic E-state index is 12.5. The number of hydrogen-bond donors (Lipinski definition) is 1. The molecule has 1 N–H and O–H groups in total. The van der Waals surface area contributed by atoms with Crippen LogP contribution in [0.25, 0.3) is 0 Å². The zero-order valence-corrected chi connectivity index (χ0v) is 15.1. The van der Waals surface area contributed by atoms with Crippen LogP contribution in [0.15, 0.2) is 42.5 Å². The molecule has 0 bridgehead atoms. The fourth-order valence-corrected chi connectivity index (χ4v) is 2.51. The van der Waals surface area contributed by atoms with Crippen LogP contribution in [0.1, 0.15) is 53.2 Å². The average Bonchev–Trinajstić information content (AvgIpc) is 2.65. The number of nitrogens with one attached hydrogen (secondary N) is 1. The molecule has 0 spiro atoms. The molecule has 5 nitrogen and oxygen atoms in total. The lowest BCUT2D eigenvalue weighted by Crippen LogP contribution is -2.29. The van der Waals surface area contributed by atoms with Gasteiger partial charge in [-0.1, -0.05) is 44.5 Å². The molecule has 0 fully saturated rings. The first-order valence-electron chi connectivity index (χ1n) is 8.68. The van der Waals surface area contributed by atoms with Gasteiger partial charge in [0.1, 0.15) is 11.4 Å². The third kappa shape index (κ3) is 4.89. The van der Waals surface area contributed by atoms with Crippen molar-refractivity contribution in [1.29, 1.82) is 0 Å². The minimum absolute atomic E-state index is 0.169. The molecule has 1 heterocycles. The van der Waals surface area contributed by atoms with Crippen LogP contribution in [0, 0.1) is 0 Å². The Morgan fingerprint density at radius 3 is 2.48 bits per heavy atom. The van der Waals surface area contributed by atoms with Crippen LogP contribution in [0.4, 0.5) is 5.69 Å². The van der Waals surface area contributed by atoms with E-state index in [0.717, 1.165) is 30.5 Å². The topological polar surface area (TPSA) is 62.3 Å². The highest BCUT2D eigenvalue weighted by atomic mass is 16.2. The van der Waals surface area contributed by atoms with Gasteiger partial charge in [0.2, 0.25) is 0 Å². The summed E-state index contributed by atoms with van der Waals surface area (Å²) in [5, 5.41) is 2.88. The van der Waals surface area contributed by atoms with Crippen LogP contribution in [0.3, 0.4) is 0 Å². The molecular formula is C20H25N3O2. The summed E-state index contributed by atoms with van der Waals surface area (Å²) in [4.78, 5) is 30.8. The van der Waals surface area contributed by atoms with Gasteiger partial charge in [0.15, 0.2) is 0 Å². The van der Waals surface area contributed by atoms with Crippen LogP contribution in [0.5, 0.6) is 0 Å². The maximum absolute atomic E-state index is 12.5. The monoisotopic (exact) mass is 339 g/mol. The van der Waals surface area contributed by atoms with E-state index in [1.165, 1.54) is 0 Å². The molecule has 0 radical (unpaired) electrons. The summed E-state index contributed by atoms with van der Waals surface area (Å²) in [5.74, 6) is -0.483. The van der Waals surface area contributed by atoms with Gasteiger partial charge in [-0.05, 0) is 36.6 Å². The third-order valence-electron chi connectivity index (χ3n) is 4.04. The number of rotatable bonds is 7. The molecule has 1 aromatic carbocycles. The van der Waals surface area contributed by atoms with Gasteiger partial charge in [-0.2, -0.15) is 0 Å². The largest absolute Gasteiger partial charge is 0.340 e. The predicted octanol–water partition coefficient (Wildman–Crippen LogP) is 3.77. The number of unbranched alkanes of at least 4 members (excludes halogenated alkanes) is 1. The minimum Gasteiger partial charge on any atom is -0.340 e. The Morgan fingerprint density at radius 2 is 1.76 bits per heavy atom. The van der Waals surface area contributed by atoms with Crippen LogP contribution >= 0.6 is 0 Å². The standard InChI is InChI=1S/C20H25N3O2/c1-4-6-14-23(3)20(25)18-13-9-12-17(21-18)19(24)22-16-11-8-7-10-15(16)5-2/h7-13H,4-6,14H2,1-3H3,(H,22,24). The van der Waals surface area contributed by atoms with Gasteiger partial charge in [0.05, 0.1) is 0 Å². The molecule has 5 heteroatoms. The summed E-state index contributed by atoms with van der Waals surface area (Å²) in [5.41, 5.74) is 2.35. The second-order valence-electron chi connectivity index (χ2n) is 5.95. The molecule has 0 unspecified atom stereocenters. The van der Waals surface area contributed by atoms with Crippen molar-refractivity contribution in [2.45, 2.75) is 33.1 Å². The predicted molar refractivity (Wildman–Crippen MR) is 99.9 cm³/mol. The minimum atomic E-state index is -0.313. The van der Waals surface area contributed by atoms with Gasteiger partial charge >= 0.3 is 0 Å². The highest BCUT2D eigenvalue weighted by Crippen LogP contribution is 2.16. The van der Waals surface area contributed by atoms with E-state index >= 15 is 0 Å². The Balaban J connectivity index is 2.15. The smallest absolute Gasteiger partial charge is 0.274 e. The molecule has 1 aromatic heterocycles. The lowest BCUT2D eigenvalue weighted by atomic mass is 10.1. The molecule has 0 saturated carbocycles. The number of hydrogen-bond acceptors (Lipinski definition) is 3. The van der Waals surface area contributed by atoms with Gasteiger partial charge in [0.25, 0.3) is 11.8 Å². The Hall–Kier alpha value is -2.69. The maximum Gasteiger partial charge on any atom is 0.274 e. The Bertz CT molecular complexity index is 743. The summed E-state index contributed by atoms with van der Waals surface area (Å²) in [6, 6.07) is 12.6. The van der Waals surface area contributed by atoms with Crippen LogP contribution in [-0.4, -0.2) is 35.3 Å². The van der Waals surface area contributed by atoms with E-state index in [0.29, 0.717) is 6.54 Å². The van der Waals surface area contributed by atoms with Crippen molar-refractivity contribution in [2.24, 2.45) is 0 Å². The number of nitrogens with zero attached hydrogens (tertiary/aromatic N) is 2. The van der Waals surface area contributed by atoms with E-state index in [2.05, 4.69) is 17.2 Å². The zero-order valence-electron chi connectivity index (χ0n) is 15.1. The van der Waals surface area contributed by atoms with E-state index in [4.69, 9.17) is 0 Å². The van der Waals surface area contributed by atoms with Crippen molar-refractivity contribution in [3.05, 3.63) is 59.4 Å². The number of aryl methyl sites for hydroxylation is 1. The summed E-state index contributed by atoms with van der Waals surface area (Å²) in [7, 11) is 1.75. The fourth-order valence-electron chi connectivity index (χ4n) is 2.51. The van der Waals surface area contributed by atoms with Gasteiger partial charge in [0, 0.05) is 19.3 Å². The van der Waals surface area contributed by atoms with Crippen molar-refractivity contribution in [2.75, 3.05) is 18.9 Å². The molecule has 2 amide bonds. The summed E-state index contributed by atoms with van der Waals surface area (Å²) < 4.78 is 0. The van der Waals surface area contributed by atoms with E-state index in [1.54, 1.807) is 30.1 Å². The first-order valence-corrected chi connectivity index (χ1v) is 8.68. The number of carbonyl (C=O) groups is 2. The fraction of sp³-hybridized carbons (Fsp3) is 0.350. The van der Waals surface area contributed by atoms with Crippen LogP contribution < -0.4 is 5.32 Å². The van der Waals surface area contributed by atoms with Crippen LogP contribution in [0.2, 0.25) is 0 Å². The first-order chi connectivity index (χ1) is 12.1. The number of pyridine rings is 1. The molecule has 0 aliphatic heterocycles. The number of aromatic nitrogens is 1. The summed E-state index contributed by atoms with van der Waals surface area (Å²) in [6.45, 7) is 4.79. The zero-order chi connectivity index (χ0) is 18.2. The van der Waals surface area contributed by atoms with Crippen molar-refractivity contribution in [3.63, 3.8) is 0 Å². The normalized spacial score (nSPS) is 10.4. The highest BCUT2D eigenvalue weighted by molar-refractivity contribution is 6.04. The molecule has 25 heavy (non-hydrogen) atoms. The SMILES string of the molecule is CCCCN(C)C(=O)c1cccc(C(=O)Nc2ccccc2CC)n1. The van der Waals surface area contributed by atoms with E-state index < -0.39 is 0 Å². The Kier molecular flexibility index (Phi) is 6.69. The molecule has 0 saturated heterocycles. The van der Waals surface area contributed by atoms with E-state index in [-0.39, 0.29) is 23.2 Å². The first kappa shape index (κ1) is 18.6. The van der Waals surface area contributed by atoms with E-state index in [9.17, 15) is 9.59 Å². The van der Waals surface area contributed by atoms with Crippen molar-refractivity contribution in [1.82, 2.24) is 9.88 Å².